The van der Waals surface area contributed by atoms with E-state index in [0.717, 1.165) is 12.5 Å². The fourth-order valence-electron chi connectivity index (χ4n) is 2.08. The van der Waals surface area contributed by atoms with E-state index >= 15 is 0 Å². The summed E-state index contributed by atoms with van der Waals surface area (Å²) in [6.07, 6.45) is 4.97. The first-order valence-corrected chi connectivity index (χ1v) is 6.27. The van der Waals surface area contributed by atoms with E-state index in [2.05, 4.69) is 38.1 Å². The summed E-state index contributed by atoms with van der Waals surface area (Å²) in [5.74, 6) is 0.777. The van der Waals surface area contributed by atoms with Crippen LogP contribution in [-0.4, -0.2) is 13.7 Å². The Kier molecular flexibility index (Phi) is 6.17. The third-order valence-electron chi connectivity index (χ3n) is 2.96. The van der Waals surface area contributed by atoms with Crippen molar-refractivity contribution in [2.24, 2.45) is 5.92 Å². The molecule has 0 amide bonds. The first-order chi connectivity index (χ1) is 7.72. The molecule has 0 heterocycles. The summed E-state index contributed by atoms with van der Waals surface area (Å²) >= 11 is 0. The van der Waals surface area contributed by atoms with E-state index in [0.29, 0.717) is 0 Å². The third kappa shape index (κ3) is 5.32. The average molecular weight is 220 g/mol. The zero-order chi connectivity index (χ0) is 11.8. The summed E-state index contributed by atoms with van der Waals surface area (Å²) in [5, 5.41) is 0. The molecule has 1 aromatic rings. The van der Waals surface area contributed by atoms with Crippen LogP contribution in [0.3, 0.4) is 0 Å². The molecular weight excluding hydrogens is 196 g/mol. The third-order valence-corrected chi connectivity index (χ3v) is 2.96. The molecule has 1 atom stereocenters. The molecule has 1 unspecified atom stereocenters. The van der Waals surface area contributed by atoms with Gasteiger partial charge < -0.3 is 4.74 Å². The molecule has 1 aromatic carbocycles. The van der Waals surface area contributed by atoms with Crippen LogP contribution in [0, 0.1) is 12.8 Å². The molecule has 0 fully saturated rings. The molecule has 0 aliphatic heterocycles. The molecule has 0 aromatic heterocycles. The van der Waals surface area contributed by atoms with Gasteiger partial charge in [0.25, 0.3) is 0 Å². The van der Waals surface area contributed by atoms with Gasteiger partial charge in [-0.2, -0.15) is 0 Å². The summed E-state index contributed by atoms with van der Waals surface area (Å²) in [6, 6.07) is 8.85. The molecule has 16 heavy (non-hydrogen) atoms. The smallest absolute Gasteiger partial charge is 0.0462 e. The SMILES string of the molecule is COCCCCC(C)Cc1cccc(C)c1. The summed E-state index contributed by atoms with van der Waals surface area (Å²) < 4.78 is 5.06. The van der Waals surface area contributed by atoms with E-state index in [4.69, 9.17) is 4.74 Å². The first kappa shape index (κ1) is 13.2. The average Bonchev–Trinajstić information content (AvgIpc) is 2.24. The van der Waals surface area contributed by atoms with Crippen LogP contribution in [0.25, 0.3) is 0 Å². The van der Waals surface area contributed by atoms with Crippen molar-refractivity contribution in [2.45, 2.75) is 39.5 Å². The number of aryl methyl sites for hydroxylation is 1. The fraction of sp³-hybridized carbons (Fsp3) is 0.600. The Labute approximate surface area is 99.8 Å². The van der Waals surface area contributed by atoms with Crippen LogP contribution in [-0.2, 0) is 11.2 Å². The summed E-state index contributed by atoms with van der Waals surface area (Å²) in [6.45, 7) is 5.40. The van der Waals surface area contributed by atoms with E-state index in [1.807, 2.05) is 0 Å². The Balaban J connectivity index is 2.25. The van der Waals surface area contributed by atoms with Gasteiger partial charge in [-0.05, 0) is 31.2 Å². The van der Waals surface area contributed by atoms with E-state index in [1.165, 1.54) is 36.8 Å². The standard InChI is InChI=1S/C15H24O/c1-13(7-4-5-10-16-3)11-15-9-6-8-14(2)12-15/h6,8-9,12-13H,4-5,7,10-11H2,1-3H3. The van der Waals surface area contributed by atoms with E-state index in [9.17, 15) is 0 Å². The van der Waals surface area contributed by atoms with Crippen molar-refractivity contribution in [3.05, 3.63) is 35.4 Å². The van der Waals surface area contributed by atoms with Gasteiger partial charge in [0.15, 0.2) is 0 Å². The minimum absolute atomic E-state index is 0.777. The zero-order valence-electron chi connectivity index (χ0n) is 10.8. The van der Waals surface area contributed by atoms with Gasteiger partial charge >= 0.3 is 0 Å². The van der Waals surface area contributed by atoms with Gasteiger partial charge in [0.1, 0.15) is 0 Å². The van der Waals surface area contributed by atoms with Crippen LogP contribution in [0.5, 0.6) is 0 Å². The van der Waals surface area contributed by atoms with E-state index < -0.39 is 0 Å². The van der Waals surface area contributed by atoms with Crippen molar-refractivity contribution in [2.75, 3.05) is 13.7 Å². The van der Waals surface area contributed by atoms with Gasteiger partial charge in [0.2, 0.25) is 0 Å². The van der Waals surface area contributed by atoms with Crippen molar-refractivity contribution in [3.63, 3.8) is 0 Å². The van der Waals surface area contributed by atoms with E-state index in [1.54, 1.807) is 7.11 Å². The molecule has 0 saturated heterocycles. The molecule has 0 saturated carbocycles. The zero-order valence-corrected chi connectivity index (χ0v) is 10.8. The van der Waals surface area contributed by atoms with Gasteiger partial charge in [-0.1, -0.05) is 49.6 Å². The predicted octanol–water partition coefficient (Wildman–Crippen LogP) is 3.99. The highest BCUT2D eigenvalue weighted by molar-refractivity contribution is 5.22. The number of unbranched alkanes of at least 4 members (excludes halogenated alkanes) is 1. The minimum Gasteiger partial charge on any atom is -0.385 e. The highest BCUT2D eigenvalue weighted by atomic mass is 16.5. The quantitative estimate of drug-likeness (QED) is 0.631. The maximum Gasteiger partial charge on any atom is 0.0462 e. The Bertz CT molecular complexity index is 293. The molecule has 1 nitrogen and oxygen atoms in total. The lowest BCUT2D eigenvalue weighted by Crippen LogP contribution is -2.01. The van der Waals surface area contributed by atoms with Crippen LogP contribution in [0.15, 0.2) is 24.3 Å². The summed E-state index contributed by atoms with van der Waals surface area (Å²) in [5.41, 5.74) is 2.84. The van der Waals surface area contributed by atoms with Gasteiger partial charge in [-0.15, -0.1) is 0 Å². The second kappa shape index (κ2) is 7.45. The second-order valence-electron chi connectivity index (χ2n) is 4.79. The van der Waals surface area contributed by atoms with Gasteiger partial charge in [0.05, 0.1) is 0 Å². The van der Waals surface area contributed by atoms with Crippen molar-refractivity contribution in [3.8, 4) is 0 Å². The molecular formula is C15H24O. The van der Waals surface area contributed by atoms with Crippen molar-refractivity contribution in [1.82, 2.24) is 0 Å². The lowest BCUT2D eigenvalue weighted by atomic mass is 9.95. The molecule has 0 aliphatic carbocycles. The van der Waals surface area contributed by atoms with Gasteiger partial charge in [0, 0.05) is 13.7 Å². The number of benzene rings is 1. The molecule has 0 aliphatic rings. The Morgan fingerprint density at radius 2 is 2.06 bits per heavy atom. The number of hydrogen-bond acceptors (Lipinski definition) is 1. The van der Waals surface area contributed by atoms with Gasteiger partial charge in [-0.3, -0.25) is 0 Å². The highest BCUT2D eigenvalue weighted by Crippen LogP contribution is 2.15. The molecule has 0 bridgehead atoms. The predicted molar refractivity (Wildman–Crippen MR) is 69.8 cm³/mol. The topological polar surface area (TPSA) is 9.23 Å². The fourth-order valence-corrected chi connectivity index (χ4v) is 2.08. The van der Waals surface area contributed by atoms with Crippen LogP contribution < -0.4 is 0 Å². The maximum absolute atomic E-state index is 5.06. The largest absolute Gasteiger partial charge is 0.385 e. The summed E-state index contributed by atoms with van der Waals surface area (Å²) in [7, 11) is 1.77. The number of ether oxygens (including phenoxy) is 1. The molecule has 0 radical (unpaired) electrons. The molecule has 1 heteroatoms. The summed E-state index contributed by atoms with van der Waals surface area (Å²) in [4.78, 5) is 0. The van der Waals surface area contributed by atoms with E-state index in [-0.39, 0.29) is 0 Å². The van der Waals surface area contributed by atoms with Crippen molar-refractivity contribution < 1.29 is 4.74 Å². The Morgan fingerprint density at radius 3 is 2.75 bits per heavy atom. The van der Waals surface area contributed by atoms with Crippen LogP contribution in [0.4, 0.5) is 0 Å². The number of methoxy groups -OCH3 is 1. The maximum atomic E-state index is 5.06. The van der Waals surface area contributed by atoms with Crippen LogP contribution >= 0.6 is 0 Å². The van der Waals surface area contributed by atoms with Crippen LogP contribution in [0.1, 0.15) is 37.3 Å². The molecule has 0 spiro atoms. The lowest BCUT2D eigenvalue weighted by Gasteiger charge is -2.11. The number of hydrogen-bond donors (Lipinski definition) is 0. The Morgan fingerprint density at radius 1 is 1.25 bits per heavy atom. The van der Waals surface area contributed by atoms with Crippen molar-refractivity contribution >= 4 is 0 Å². The Hall–Kier alpha value is -0.820. The van der Waals surface area contributed by atoms with Gasteiger partial charge in [-0.25, -0.2) is 0 Å². The monoisotopic (exact) mass is 220 g/mol. The molecule has 0 N–H and O–H groups in total. The lowest BCUT2D eigenvalue weighted by molar-refractivity contribution is 0.190. The highest BCUT2D eigenvalue weighted by Gasteiger charge is 2.03. The first-order valence-electron chi connectivity index (χ1n) is 6.27. The van der Waals surface area contributed by atoms with Crippen molar-refractivity contribution in [1.29, 1.82) is 0 Å². The molecule has 1 rings (SSSR count). The second-order valence-corrected chi connectivity index (χ2v) is 4.79. The normalized spacial score (nSPS) is 12.7. The minimum atomic E-state index is 0.777. The molecule has 90 valence electrons. The number of rotatable bonds is 7. The van der Waals surface area contributed by atoms with Crippen LogP contribution in [0.2, 0.25) is 0 Å².